The normalized spacial score (nSPS) is 14.1. The van der Waals surface area contributed by atoms with Gasteiger partial charge in [0.15, 0.2) is 28.9 Å². The molecule has 1 aliphatic rings. The van der Waals surface area contributed by atoms with Gasteiger partial charge >= 0.3 is 0 Å². The van der Waals surface area contributed by atoms with Gasteiger partial charge in [-0.3, -0.25) is 14.3 Å². The molecule has 1 aromatic carbocycles. The number of amides is 1. The van der Waals surface area contributed by atoms with Crippen molar-refractivity contribution in [1.29, 1.82) is 0 Å². The number of anilines is 1. The Morgan fingerprint density at radius 1 is 1.05 bits per heavy atom. The first kappa shape index (κ1) is 23.6. The fourth-order valence-corrected chi connectivity index (χ4v) is 4.60. The summed E-state index contributed by atoms with van der Waals surface area (Å²) in [5.74, 6) is -2.71. The summed E-state index contributed by atoms with van der Waals surface area (Å²) < 4.78 is 49.3. The molecule has 0 radical (unpaired) electrons. The fraction of sp³-hybridized carbons (Fsp3) is 0.192. The molecule has 5 heterocycles. The highest BCUT2D eigenvalue weighted by molar-refractivity contribution is 6.06. The summed E-state index contributed by atoms with van der Waals surface area (Å²) in [6.45, 7) is 4.80. The van der Waals surface area contributed by atoms with Gasteiger partial charge in [-0.1, -0.05) is 0 Å². The Bertz CT molecular complexity index is 1750. The van der Waals surface area contributed by atoms with Gasteiger partial charge in [0.25, 0.3) is 0 Å². The van der Waals surface area contributed by atoms with Crippen molar-refractivity contribution >= 4 is 17.4 Å². The van der Waals surface area contributed by atoms with Gasteiger partial charge in [-0.05, 0) is 51.1 Å². The SMILES string of the molecule is Cc1nc2c(OCc3c(F)ccc(F)c3F)cccn2c1-c1nc2c(c(-c3ccn[nH]3)n1)C(C)(C)C(=O)N2. The van der Waals surface area contributed by atoms with Crippen molar-refractivity contribution < 1.29 is 22.7 Å². The number of aromatic nitrogens is 6. The first-order valence-electron chi connectivity index (χ1n) is 11.6. The topological polar surface area (TPSA) is 110 Å². The predicted molar refractivity (Wildman–Crippen MR) is 131 cm³/mol. The van der Waals surface area contributed by atoms with E-state index in [4.69, 9.17) is 9.72 Å². The van der Waals surface area contributed by atoms with E-state index in [-0.39, 0.29) is 17.5 Å². The van der Waals surface area contributed by atoms with Gasteiger partial charge in [0, 0.05) is 18.0 Å². The van der Waals surface area contributed by atoms with Crippen LogP contribution in [-0.2, 0) is 16.8 Å². The number of ether oxygens (including phenoxy) is 1. The number of imidazole rings is 1. The number of H-pyrrole nitrogens is 1. The van der Waals surface area contributed by atoms with E-state index in [1.807, 2.05) is 0 Å². The number of carbonyl (C=O) groups excluding carboxylic acids is 1. The number of rotatable bonds is 5. The van der Waals surface area contributed by atoms with Crippen LogP contribution in [0.1, 0.15) is 30.7 Å². The third-order valence-electron chi connectivity index (χ3n) is 6.60. The lowest BCUT2D eigenvalue weighted by Crippen LogP contribution is -2.27. The maximum absolute atomic E-state index is 14.1. The van der Waals surface area contributed by atoms with Crippen LogP contribution in [0, 0.1) is 24.4 Å². The Hall–Kier alpha value is -4.74. The van der Waals surface area contributed by atoms with Crippen LogP contribution in [0.3, 0.4) is 0 Å². The van der Waals surface area contributed by atoms with E-state index >= 15 is 0 Å². The van der Waals surface area contributed by atoms with Gasteiger partial charge < -0.3 is 10.1 Å². The van der Waals surface area contributed by atoms with Gasteiger partial charge in [-0.15, -0.1) is 0 Å². The molecule has 1 amide bonds. The van der Waals surface area contributed by atoms with E-state index in [1.54, 1.807) is 55.8 Å². The summed E-state index contributed by atoms with van der Waals surface area (Å²) in [7, 11) is 0. The molecule has 0 atom stereocenters. The molecule has 192 valence electrons. The van der Waals surface area contributed by atoms with Crippen molar-refractivity contribution in [3.63, 3.8) is 0 Å². The molecule has 12 heteroatoms. The largest absolute Gasteiger partial charge is 0.485 e. The number of aryl methyl sites for hydroxylation is 1. The van der Waals surface area contributed by atoms with Crippen LogP contribution in [0.25, 0.3) is 28.6 Å². The highest BCUT2D eigenvalue weighted by Crippen LogP contribution is 2.42. The van der Waals surface area contributed by atoms with Crippen molar-refractivity contribution in [3.8, 4) is 28.7 Å². The molecule has 5 aromatic rings. The van der Waals surface area contributed by atoms with E-state index < -0.39 is 35.0 Å². The van der Waals surface area contributed by atoms with Gasteiger partial charge in [0.05, 0.1) is 28.1 Å². The maximum atomic E-state index is 14.1. The third-order valence-corrected chi connectivity index (χ3v) is 6.60. The second-order valence-electron chi connectivity index (χ2n) is 9.39. The van der Waals surface area contributed by atoms with E-state index in [2.05, 4.69) is 25.5 Å². The average Bonchev–Trinajstić information content (AvgIpc) is 3.58. The number of nitrogens with one attached hydrogen (secondary N) is 2. The van der Waals surface area contributed by atoms with Crippen LogP contribution >= 0.6 is 0 Å². The number of hydrogen-bond acceptors (Lipinski definition) is 6. The quantitative estimate of drug-likeness (QED) is 0.325. The number of hydrogen-bond donors (Lipinski definition) is 2. The van der Waals surface area contributed by atoms with Crippen molar-refractivity contribution in [3.05, 3.63) is 77.0 Å². The molecule has 1 aliphatic heterocycles. The van der Waals surface area contributed by atoms with Crippen LogP contribution in [0.15, 0.2) is 42.7 Å². The number of fused-ring (bicyclic) bond motifs is 2. The first-order valence-corrected chi connectivity index (χ1v) is 11.6. The molecular formula is C26H20F3N7O2. The monoisotopic (exact) mass is 519 g/mol. The fourth-order valence-electron chi connectivity index (χ4n) is 4.60. The van der Waals surface area contributed by atoms with Crippen molar-refractivity contribution in [2.75, 3.05) is 5.32 Å². The number of carbonyl (C=O) groups is 1. The second kappa shape index (κ2) is 8.40. The molecule has 0 saturated carbocycles. The zero-order valence-electron chi connectivity index (χ0n) is 20.4. The van der Waals surface area contributed by atoms with Gasteiger partial charge in [0.1, 0.15) is 23.9 Å². The maximum Gasteiger partial charge on any atom is 0.235 e. The van der Waals surface area contributed by atoms with Crippen molar-refractivity contribution in [2.24, 2.45) is 0 Å². The molecule has 0 bridgehead atoms. The van der Waals surface area contributed by atoms with Crippen LogP contribution < -0.4 is 10.1 Å². The number of nitrogens with zero attached hydrogens (tertiary/aromatic N) is 5. The summed E-state index contributed by atoms with van der Waals surface area (Å²) in [6, 6.07) is 6.57. The molecule has 0 saturated heterocycles. The summed E-state index contributed by atoms with van der Waals surface area (Å²) in [4.78, 5) is 26.8. The molecule has 0 fully saturated rings. The Labute approximate surface area is 213 Å². The Morgan fingerprint density at radius 2 is 1.84 bits per heavy atom. The van der Waals surface area contributed by atoms with Crippen LogP contribution in [-0.4, -0.2) is 35.5 Å². The zero-order chi connectivity index (χ0) is 26.8. The van der Waals surface area contributed by atoms with Gasteiger partial charge in [-0.25, -0.2) is 28.1 Å². The molecular weight excluding hydrogens is 499 g/mol. The summed E-state index contributed by atoms with van der Waals surface area (Å²) >= 11 is 0. The Morgan fingerprint density at radius 3 is 2.61 bits per heavy atom. The van der Waals surface area contributed by atoms with Crippen molar-refractivity contribution in [1.82, 2.24) is 29.5 Å². The molecule has 0 spiro atoms. The molecule has 0 unspecified atom stereocenters. The lowest BCUT2D eigenvalue weighted by molar-refractivity contribution is -0.119. The first-order chi connectivity index (χ1) is 18.2. The molecule has 2 N–H and O–H groups in total. The number of benzene rings is 1. The molecule has 6 rings (SSSR count). The Kier molecular flexibility index (Phi) is 5.23. The molecule has 9 nitrogen and oxygen atoms in total. The minimum absolute atomic E-state index is 0.206. The van der Waals surface area contributed by atoms with Crippen LogP contribution in [0.5, 0.6) is 5.75 Å². The van der Waals surface area contributed by atoms with Gasteiger partial charge in [0.2, 0.25) is 5.91 Å². The minimum atomic E-state index is -1.31. The molecule has 4 aromatic heterocycles. The minimum Gasteiger partial charge on any atom is -0.485 e. The number of pyridine rings is 1. The standard InChI is InChI=1S/C26H20F3N7O2/c1-12-21(23-32-20(16-8-9-30-35-16)18-22(33-23)34-25(37)26(18,2)3)36-10-4-5-17(24(36)31-12)38-11-13-14(27)6-7-15(28)19(13)29/h4-10H,11H2,1-3H3,(H,30,35)(H,32,33,34,37). The summed E-state index contributed by atoms with van der Waals surface area (Å²) in [5.41, 5.74) is 1.79. The van der Waals surface area contributed by atoms with E-state index in [9.17, 15) is 18.0 Å². The van der Waals surface area contributed by atoms with Crippen LogP contribution in [0.2, 0.25) is 0 Å². The molecule has 38 heavy (non-hydrogen) atoms. The van der Waals surface area contributed by atoms with E-state index in [0.29, 0.717) is 39.8 Å². The number of halogens is 3. The Balaban J connectivity index is 1.47. The predicted octanol–water partition coefficient (Wildman–Crippen LogP) is 4.72. The smallest absolute Gasteiger partial charge is 0.235 e. The zero-order valence-corrected chi connectivity index (χ0v) is 20.4. The number of aromatic amines is 1. The highest BCUT2D eigenvalue weighted by Gasteiger charge is 2.43. The second-order valence-corrected chi connectivity index (χ2v) is 9.39. The lowest BCUT2D eigenvalue weighted by atomic mass is 9.85. The molecule has 0 aliphatic carbocycles. The highest BCUT2D eigenvalue weighted by atomic mass is 19.2. The van der Waals surface area contributed by atoms with E-state index in [0.717, 1.165) is 12.1 Å². The van der Waals surface area contributed by atoms with Crippen LogP contribution in [0.4, 0.5) is 19.0 Å². The average molecular weight is 519 g/mol. The summed E-state index contributed by atoms with van der Waals surface area (Å²) in [5, 5.41) is 9.77. The van der Waals surface area contributed by atoms with Crippen molar-refractivity contribution in [2.45, 2.75) is 32.8 Å². The van der Waals surface area contributed by atoms with Gasteiger partial charge in [-0.2, -0.15) is 5.10 Å². The lowest BCUT2D eigenvalue weighted by Gasteiger charge is -2.18. The summed E-state index contributed by atoms with van der Waals surface area (Å²) in [6.07, 6.45) is 3.31. The van der Waals surface area contributed by atoms with E-state index in [1.165, 1.54) is 0 Å². The third kappa shape index (κ3) is 3.51.